The first-order valence-electron chi connectivity index (χ1n) is 15.1. The number of hydrogen-bond acceptors (Lipinski definition) is 4. The van der Waals surface area contributed by atoms with E-state index in [1.54, 1.807) is 22.5 Å². The Morgan fingerprint density at radius 3 is 1.50 bits per heavy atom. The fourth-order valence-corrected chi connectivity index (χ4v) is 9.09. The van der Waals surface area contributed by atoms with Gasteiger partial charge in [0.15, 0.2) is 0 Å². The number of nitrogens with zero attached hydrogens (tertiary/aromatic N) is 4. The van der Waals surface area contributed by atoms with E-state index in [9.17, 15) is 0 Å². The van der Waals surface area contributed by atoms with E-state index in [-0.39, 0.29) is 24.8 Å². The Hall–Kier alpha value is -2.38. The van der Waals surface area contributed by atoms with Crippen LogP contribution in [0.15, 0.2) is 48.5 Å². The predicted molar refractivity (Wildman–Crippen MR) is 168 cm³/mol. The van der Waals surface area contributed by atoms with Crippen LogP contribution in [0.2, 0.25) is 0 Å². The van der Waals surface area contributed by atoms with Gasteiger partial charge in [0.1, 0.15) is 0 Å². The Kier molecular flexibility index (Phi) is 6.74. The first-order chi connectivity index (χ1) is 18.9. The van der Waals surface area contributed by atoms with E-state index in [2.05, 4.69) is 78.5 Å². The van der Waals surface area contributed by atoms with Crippen LogP contribution in [0.4, 0.5) is 0 Å². The number of benzene rings is 2. The van der Waals surface area contributed by atoms with E-state index >= 15 is 0 Å². The SMILES string of the molecule is Cl.Cl.c1ccc2c(c1)c1c3n2NC[C@H]2CCCN(CC1)[C@H]32.c1ccc2c(c1)c1c3n2NC[C@H]2CCCN(CC1)[C@H]32. The first kappa shape index (κ1) is 26.5. The molecule has 40 heavy (non-hydrogen) atoms. The van der Waals surface area contributed by atoms with E-state index in [4.69, 9.17) is 0 Å². The molecule has 0 unspecified atom stereocenters. The monoisotopic (exact) mass is 578 g/mol. The molecule has 2 aromatic heterocycles. The van der Waals surface area contributed by atoms with Gasteiger partial charge in [0.25, 0.3) is 0 Å². The number of para-hydroxylation sites is 2. The van der Waals surface area contributed by atoms with Gasteiger partial charge < -0.3 is 10.9 Å². The minimum absolute atomic E-state index is 0. The Morgan fingerprint density at radius 1 is 0.575 bits per heavy atom. The van der Waals surface area contributed by atoms with Crippen molar-refractivity contribution in [3.63, 3.8) is 0 Å². The summed E-state index contributed by atoms with van der Waals surface area (Å²) in [6.07, 6.45) is 7.95. The number of fused-ring (bicyclic) bond motifs is 6. The molecule has 0 bridgehead atoms. The Bertz CT molecular complexity index is 1340. The molecule has 4 atom stereocenters. The maximum absolute atomic E-state index is 3.67. The molecule has 2 N–H and O–H groups in total. The highest BCUT2D eigenvalue weighted by molar-refractivity contribution is 5.87. The van der Waals surface area contributed by atoms with Crippen LogP contribution in [0, 0.1) is 11.8 Å². The van der Waals surface area contributed by atoms with E-state index in [1.807, 2.05) is 0 Å². The molecule has 8 heteroatoms. The second-order valence-electron chi connectivity index (χ2n) is 12.4. The maximum Gasteiger partial charge on any atom is 0.0699 e. The molecule has 10 rings (SSSR count). The van der Waals surface area contributed by atoms with Crippen molar-refractivity contribution >= 4 is 46.6 Å². The molecule has 0 amide bonds. The number of halogens is 2. The van der Waals surface area contributed by atoms with E-state index in [0.29, 0.717) is 12.1 Å². The number of nitrogens with one attached hydrogen (secondary N) is 2. The zero-order valence-corrected chi connectivity index (χ0v) is 24.7. The highest BCUT2D eigenvalue weighted by atomic mass is 35.5. The molecule has 0 saturated carbocycles. The number of piperidine rings is 2. The van der Waals surface area contributed by atoms with Crippen LogP contribution in [0.1, 0.15) is 60.3 Å². The molecule has 2 aromatic carbocycles. The number of rotatable bonds is 0. The van der Waals surface area contributed by atoms with Gasteiger partial charge in [-0.2, -0.15) is 0 Å². The Morgan fingerprint density at radius 2 is 1.02 bits per heavy atom. The summed E-state index contributed by atoms with van der Waals surface area (Å²) in [6.45, 7) is 7.35. The van der Waals surface area contributed by atoms with Crippen molar-refractivity contribution < 1.29 is 0 Å². The minimum atomic E-state index is 0. The van der Waals surface area contributed by atoms with Gasteiger partial charge in [-0.15, -0.1) is 24.8 Å². The van der Waals surface area contributed by atoms with Gasteiger partial charge in [-0.25, -0.2) is 0 Å². The van der Waals surface area contributed by atoms with Gasteiger partial charge in [-0.3, -0.25) is 19.2 Å². The third-order valence-electron chi connectivity index (χ3n) is 10.6. The lowest BCUT2D eigenvalue weighted by atomic mass is 9.82. The molecule has 2 saturated heterocycles. The van der Waals surface area contributed by atoms with Crippen LogP contribution in [-0.4, -0.2) is 58.4 Å². The fraction of sp³-hybridized carbons (Fsp3) is 0.500. The van der Waals surface area contributed by atoms with Crippen molar-refractivity contribution in [1.29, 1.82) is 0 Å². The lowest BCUT2D eigenvalue weighted by Gasteiger charge is -2.47. The molecular formula is C32H40Cl2N6. The molecule has 0 radical (unpaired) electrons. The zero-order chi connectivity index (χ0) is 24.8. The summed E-state index contributed by atoms with van der Waals surface area (Å²) in [5, 5.41) is 2.94. The van der Waals surface area contributed by atoms with Gasteiger partial charge in [-0.1, -0.05) is 36.4 Å². The van der Waals surface area contributed by atoms with Gasteiger partial charge in [0.05, 0.1) is 34.5 Å². The van der Waals surface area contributed by atoms with Crippen molar-refractivity contribution in [3.8, 4) is 0 Å². The summed E-state index contributed by atoms with van der Waals surface area (Å²) >= 11 is 0. The Labute approximate surface area is 248 Å². The van der Waals surface area contributed by atoms with E-state index in [0.717, 1.165) is 24.9 Å². The fourth-order valence-electron chi connectivity index (χ4n) is 9.09. The molecule has 6 aliphatic heterocycles. The second-order valence-corrected chi connectivity index (χ2v) is 12.4. The molecule has 0 aliphatic carbocycles. The third-order valence-corrected chi connectivity index (χ3v) is 10.6. The highest BCUT2D eigenvalue weighted by Crippen LogP contribution is 2.47. The highest BCUT2D eigenvalue weighted by Gasteiger charge is 2.43. The second kappa shape index (κ2) is 10.2. The quantitative estimate of drug-likeness (QED) is 0.274. The summed E-state index contributed by atoms with van der Waals surface area (Å²) in [7, 11) is 0. The van der Waals surface area contributed by atoms with Crippen LogP contribution in [0.3, 0.4) is 0 Å². The predicted octanol–water partition coefficient (Wildman–Crippen LogP) is 5.86. The number of hydrogen-bond donors (Lipinski definition) is 2. The lowest BCUT2D eigenvalue weighted by Crippen LogP contribution is -2.49. The van der Waals surface area contributed by atoms with Crippen LogP contribution in [0.5, 0.6) is 0 Å². The normalized spacial score (nSPS) is 27.6. The van der Waals surface area contributed by atoms with Crippen molar-refractivity contribution in [2.24, 2.45) is 11.8 Å². The summed E-state index contributed by atoms with van der Waals surface area (Å²) in [5.74, 6) is 1.62. The van der Waals surface area contributed by atoms with Gasteiger partial charge in [0, 0.05) is 37.0 Å². The van der Waals surface area contributed by atoms with Crippen molar-refractivity contribution in [3.05, 3.63) is 71.0 Å². The molecule has 0 spiro atoms. The van der Waals surface area contributed by atoms with Gasteiger partial charge >= 0.3 is 0 Å². The zero-order valence-electron chi connectivity index (χ0n) is 23.0. The summed E-state index contributed by atoms with van der Waals surface area (Å²) < 4.78 is 4.78. The molecule has 4 aromatic rings. The summed E-state index contributed by atoms with van der Waals surface area (Å²) in [4.78, 5) is 5.46. The molecule has 2 fully saturated rings. The van der Waals surface area contributed by atoms with E-state index in [1.165, 1.54) is 86.5 Å². The van der Waals surface area contributed by atoms with Crippen molar-refractivity contribution in [2.75, 3.05) is 50.1 Å². The standard InChI is InChI=1S/2C16H19N3.2ClH/c2*1-2-6-14-12(5-1)13-7-9-18-8-3-4-11-10-17-19(14)16(13)15(11)18;;/h2*1-2,5-6,11,15,17H,3-4,7-10H2;2*1H/t2*11-,15+;;/m11../s1. The largest absolute Gasteiger partial charge is 0.325 e. The van der Waals surface area contributed by atoms with E-state index < -0.39 is 0 Å². The average molecular weight is 580 g/mol. The van der Waals surface area contributed by atoms with Crippen molar-refractivity contribution in [1.82, 2.24) is 19.2 Å². The first-order valence-corrected chi connectivity index (χ1v) is 15.1. The lowest BCUT2D eigenvalue weighted by molar-refractivity contribution is 0.0743. The minimum Gasteiger partial charge on any atom is -0.325 e. The molecule has 6 nitrogen and oxygen atoms in total. The topological polar surface area (TPSA) is 40.4 Å². The van der Waals surface area contributed by atoms with Crippen LogP contribution in [0.25, 0.3) is 21.8 Å². The molecule has 6 aliphatic rings. The van der Waals surface area contributed by atoms with Gasteiger partial charge in [0.2, 0.25) is 0 Å². The smallest absolute Gasteiger partial charge is 0.0699 e. The van der Waals surface area contributed by atoms with Crippen LogP contribution >= 0.6 is 24.8 Å². The van der Waals surface area contributed by atoms with Crippen molar-refractivity contribution in [2.45, 2.75) is 50.6 Å². The average Bonchev–Trinajstić information content (AvgIpc) is 3.50. The number of aromatic nitrogens is 2. The third kappa shape index (κ3) is 3.69. The molecular weight excluding hydrogens is 539 g/mol. The van der Waals surface area contributed by atoms with Crippen LogP contribution in [-0.2, 0) is 12.8 Å². The summed E-state index contributed by atoms with van der Waals surface area (Å²) in [6, 6.07) is 19.1. The Balaban J connectivity index is 0.000000126. The molecule has 212 valence electrons. The summed E-state index contributed by atoms with van der Waals surface area (Å²) in [5.41, 5.74) is 16.4. The molecule has 8 heterocycles. The van der Waals surface area contributed by atoms with Crippen LogP contribution < -0.4 is 10.9 Å². The maximum atomic E-state index is 3.67. The van der Waals surface area contributed by atoms with Gasteiger partial charge in [-0.05, 0) is 86.7 Å².